The van der Waals surface area contributed by atoms with E-state index in [2.05, 4.69) is 20.8 Å². The fourth-order valence-corrected chi connectivity index (χ4v) is 2.13. The first-order chi connectivity index (χ1) is 7.94. The van der Waals surface area contributed by atoms with E-state index in [0.29, 0.717) is 12.8 Å². The van der Waals surface area contributed by atoms with E-state index in [1.54, 1.807) is 0 Å². The normalized spacial score (nSPS) is 15.6. The van der Waals surface area contributed by atoms with E-state index in [0.717, 1.165) is 19.3 Å². The van der Waals surface area contributed by atoms with Crippen LogP contribution in [0.5, 0.6) is 0 Å². The molecule has 2 atom stereocenters. The third-order valence-electron chi connectivity index (χ3n) is 3.73. The van der Waals surface area contributed by atoms with Gasteiger partial charge in [-0.1, -0.05) is 27.7 Å². The molecule has 2 unspecified atom stereocenters. The molecule has 0 aliphatic rings. The summed E-state index contributed by atoms with van der Waals surface area (Å²) in [6.45, 7) is 10.3. The molecule has 0 aromatic rings. The molecule has 0 radical (unpaired) electrons. The lowest BCUT2D eigenvalue weighted by atomic mass is 9.93. The summed E-state index contributed by atoms with van der Waals surface area (Å²) in [5.41, 5.74) is 5.65. The highest BCUT2D eigenvalue weighted by molar-refractivity contribution is 5.84. The third-order valence-corrected chi connectivity index (χ3v) is 3.73. The molecule has 0 fully saturated rings. The van der Waals surface area contributed by atoms with Crippen molar-refractivity contribution in [1.82, 2.24) is 0 Å². The van der Waals surface area contributed by atoms with E-state index in [4.69, 9.17) is 10.5 Å². The predicted octanol–water partition coefficient (Wildman–Crippen LogP) is 3.06. The molecule has 0 aromatic carbocycles. The molecule has 3 nitrogen and oxygen atoms in total. The Labute approximate surface area is 106 Å². The first-order valence-electron chi connectivity index (χ1n) is 6.90. The molecular formula is C14H29NO2. The van der Waals surface area contributed by atoms with E-state index in [9.17, 15) is 4.79 Å². The van der Waals surface area contributed by atoms with Crippen LogP contribution < -0.4 is 5.73 Å². The van der Waals surface area contributed by atoms with Crippen molar-refractivity contribution >= 4 is 5.78 Å². The van der Waals surface area contributed by atoms with E-state index in [-0.39, 0.29) is 23.5 Å². The summed E-state index contributed by atoms with van der Waals surface area (Å²) in [5.74, 6) is 0.109. The molecule has 0 aromatic heterocycles. The Hall–Kier alpha value is -0.410. The molecule has 2 N–H and O–H groups in total. The zero-order valence-corrected chi connectivity index (χ0v) is 12.1. The summed E-state index contributed by atoms with van der Waals surface area (Å²) in [7, 11) is 0. The van der Waals surface area contributed by atoms with Gasteiger partial charge >= 0.3 is 0 Å². The minimum absolute atomic E-state index is 0.0417. The Kier molecular flexibility index (Phi) is 7.64. The van der Waals surface area contributed by atoms with Gasteiger partial charge in [-0.05, 0) is 32.6 Å². The zero-order valence-electron chi connectivity index (χ0n) is 12.1. The number of ketones is 1. The average molecular weight is 243 g/mol. The van der Waals surface area contributed by atoms with Crippen molar-refractivity contribution in [2.24, 2.45) is 5.73 Å². The SMILES string of the molecule is CCC(N)C(=O)CC(C)OC(CC)(CC)CC. The molecular weight excluding hydrogens is 214 g/mol. The zero-order chi connectivity index (χ0) is 13.5. The van der Waals surface area contributed by atoms with Gasteiger partial charge in [-0.2, -0.15) is 0 Å². The molecule has 0 saturated carbocycles. The van der Waals surface area contributed by atoms with Gasteiger partial charge in [-0.15, -0.1) is 0 Å². The maximum absolute atomic E-state index is 11.7. The molecule has 17 heavy (non-hydrogen) atoms. The van der Waals surface area contributed by atoms with Crippen LogP contribution in [0.2, 0.25) is 0 Å². The Balaban J connectivity index is 4.33. The second-order valence-electron chi connectivity index (χ2n) is 4.86. The standard InChI is InChI=1S/C14H29NO2/c1-6-12(15)13(16)10-11(5)17-14(7-2,8-3)9-4/h11-12H,6-10,15H2,1-5H3. The number of hydrogen-bond acceptors (Lipinski definition) is 3. The topological polar surface area (TPSA) is 52.3 Å². The number of ether oxygens (including phenoxy) is 1. The van der Waals surface area contributed by atoms with Crippen LogP contribution in [0.4, 0.5) is 0 Å². The number of carbonyl (C=O) groups excluding carboxylic acids is 1. The molecule has 102 valence electrons. The fourth-order valence-electron chi connectivity index (χ4n) is 2.13. The van der Waals surface area contributed by atoms with Crippen LogP contribution in [0.25, 0.3) is 0 Å². The number of carbonyl (C=O) groups is 1. The van der Waals surface area contributed by atoms with Crippen LogP contribution in [0.3, 0.4) is 0 Å². The molecule has 0 aliphatic heterocycles. The van der Waals surface area contributed by atoms with Gasteiger partial charge in [0.2, 0.25) is 0 Å². The van der Waals surface area contributed by atoms with Crippen LogP contribution in [-0.4, -0.2) is 23.5 Å². The summed E-state index contributed by atoms with van der Waals surface area (Å²) in [6, 6.07) is -0.333. The van der Waals surface area contributed by atoms with Gasteiger partial charge in [0.25, 0.3) is 0 Å². The molecule has 0 rings (SSSR count). The van der Waals surface area contributed by atoms with Crippen molar-refractivity contribution in [3.05, 3.63) is 0 Å². The van der Waals surface area contributed by atoms with Crippen molar-refractivity contribution < 1.29 is 9.53 Å². The van der Waals surface area contributed by atoms with Gasteiger partial charge in [0.15, 0.2) is 5.78 Å². The highest BCUT2D eigenvalue weighted by atomic mass is 16.5. The Morgan fingerprint density at radius 1 is 1.18 bits per heavy atom. The third kappa shape index (κ3) is 5.17. The molecule has 0 spiro atoms. The van der Waals surface area contributed by atoms with Crippen LogP contribution in [-0.2, 0) is 9.53 Å². The fraction of sp³-hybridized carbons (Fsp3) is 0.929. The van der Waals surface area contributed by atoms with Crippen LogP contribution in [0.1, 0.15) is 66.7 Å². The highest BCUT2D eigenvalue weighted by Crippen LogP contribution is 2.27. The molecule has 0 amide bonds. The molecule has 0 heterocycles. The van der Waals surface area contributed by atoms with Crippen molar-refractivity contribution in [2.75, 3.05) is 0 Å². The maximum Gasteiger partial charge on any atom is 0.152 e. The van der Waals surface area contributed by atoms with Crippen molar-refractivity contribution in [3.63, 3.8) is 0 Å². The number of hydrogen-bond donors (Lipinski definition) is 1. The molecule has 0 aliphatic carbocycles. The van der Waals surface area contributed by atoms with E-state index < -0.39 is 0 Å². The minimum atomic E-state index is -0.333. The van der Waals surface area contributed by atoms with Crippen molar-refractivity contribution in [1.29, 1.82) is 0 Å². The van der Waals surface area contributed by atoms with E-state index >= 15 is 0 Å². The summed E-state index contributed by atoms with van der Waals surface area (Å²) in [5, 5.41) is 0. The van der Waals surface area contributed by atoms with Crippen LogP contribution >= 0.6 is 0 Å². The number of nitrogens with two attached hydrogens (primary N) is 1. The minimum Gasteiger partial charge on any atom is -0.372 e. The number of rotatable bonds is 9. The summed E-state index contributed by atoms with van der Waals surface area (Å²) in [6.07, 6.45) is 4.04. The van der Waals surface area contributed by atoms with Gasteiger partial charge in [0, 0.05) is 6.42 Å². The Morgan fingerprint density at radius 3 is 2.00 bits per heavy atom. The van der Waals surface area contributed by atoms with Gasteiger partial charge in [0.1, 0.15) is 0 Å². The smallest absolute Gasteiger partial charge is 0.152 e. The van der Waals surface area contributed by atoms with E-state index in [1.807, 2.05) is 13.8 Å². The van der Waals surface area contributed by atoms with Gasteiger partial charge in [-0.25, -0.2) is 0 Å². The quantitative estimate of drug-likeness (QED) is 0.677. The van der Waals surface area contributed by atoms with Crippen molar-refractivity contribution in [2.45, 2.75) is 84.5 Å². The van der Waals surface area contributed by atoms with Gasteiger partial charge in [0.05, 0.1) is 17.7 Å². The largest absolute Gasteiger partial charge is 0.372 e. The molecule has 0 bridgehead atoms. The first-order valence-corrected chi connectivity index (χ1v) is 6.90. The number of Topliss-reactive ketones (excluding diaryl/α,β-unsaturated/α-hetero) is 1. The second kappa shape index (κ2) is 7.83. The molecule has 3 heteroatoms. The van der Waals surface area contributed by atoms with Gasteiger partial charge < -0.3 is 10.5 Å². The van der Waals surface area contributed by atoms with Crippen LogP contribution in [0, 0.1) is 0 Å². The lowest BCUT2D eigenvalue weighted by molar-refractivity contribution is -0.130. The second-order valence-corrected chi connectivity index (χ2v) is 4.86. The van der Waals surface area contributed by atoms with E-state index in [1.165, 1.54) is 0 Å². The highest BCUT2D eigenvalue weighted by Gasteiger charge is 2.28. The lowest BCUT2D eigenvalue weighted by Crippen LogP contribution is -2.37. The monoisotopic (exact) mass is 243 g/mol. The Bertz CT molecular complexity index is 216. The summed E-state index contributed by atoms with van der Waals surface area (Å²) >= 11 is 0. The summed E-state index contributed by atoms with van der Waals surface area (Å²) in [4.78, 5) is 11.7. The maximum atomic E-state index is 11.7. The van der Waals surface area contributed by atoms with Crippen LogP contribution in [0.15, 0.2) is 0 Å². The summed E-state index contributed by atoms with van der Waals surface area (Å²) < 4.78 is 6.07. The predicted molar refractivity (Wildman–Crippen MR) is 72.0 cm³/mol. The Morgan fingerprint density at radius 2 is 1.65 bits per heavy atom. The first kappa shape index (κ1) is 16.6. The molecule has 0 saturated heterocycles. The lowest BCUT2D eigenvalue weighted by Gasteiger charge is -2.34. The average Bonchev–Trinajstić information content (AvgIpc) is 2.34. The van der Waals surface area contributed by atoms with Gasteiger partial charge in [-0.3, -0.25) is 4.79 Å². The van der Waals surface area contributed by atoms with Crippen molar-refractivity contribution in [3.8, 4) is 0 Å².